The van der Waals surface area contributed by atoms with E-state index in [-0.39, 0.29) is 18.0 Å². The first-order valence-electron chi connectivity index (χ1n) is 10.6. The van der Waals surface area contributed by atoms with Crippen molar-refractivity contribution < 1.29 is 18.7 Å². The molecule has 6 nitrogen and oxygen atoms in total. The van der Waals surface area contributed by atoms with Gasteiger partial charge in [0.1, 0.15) is 17.5 Å². The van der Waals surface area contributed by atoms with Gasteiger partial charge in [0, 0.05) is 6.54 Å². The highest BCUT2D eigenvalue weighted by Crippen LogP contribution is 2.26. The number of carbonyl (C=O) groups is 1. The molecular formula is C24H28FN3O3. The number of halogens is 1. The number of ether oxygens (including phenoxy) is 2. The van der Waals surface area contributed by atoms with Crippen molar-refractivity contribution in [3.8, 4) is 6.01 Å². The highest BCUT2D eigenvalue weighted by molar-refractivity contribution is 5.76. The van der Waals surface area contributed by atoms with Crippen LogP contribution in [0.1, 0.15) is 39.2 Å². The van der Waals surface area contributed by atoms with Crippen molar-refractivity contribution in [1.82, 2.24) is 14.5 Å². The van der Waals surface area contributed by atoms with Gasteiger partial charge in [0.25, 0.3) is 6.01 Å². The maximum Gasteiger partial charge on any atom is 0.410 e. The van der Waals surface area contributed by atoms with Crippen LogP contribution in [0.2, 0.25) is 0 Å². The first kappa shape index (κ1) is 21.2. The summed E-state index contributed by atoms with van der Waals surface area (Å²) >= 11 is 0. The van der Waals surface area contributed by atoms with Crippen LogP contribution in [0.5, 0.6) is 6.01 Å². The van der Waals surface area contributed by atoms with Crippen molar-refractivity contribution in [2.45, 2.75) is 51.9 Å². The number of nitrogens with zero attached hydrogens (tertiary/aromatic N) is 3. The van der Waals surface area contributed by atoms with Gasteiger partial charge in [0.15, 0.2) is 0 Å². The third kappa shape index (κ3) is 5.16. The van der Waals surface area contributed by atoms with Crippen molar-refractivity contribution in [1.29, 1.82) is 0 Å². The molecular weight excluding hydrogens is 397 g/mol. The average molecular weight is 426 g/mol. The van der Waals surface area contributed by atoms with E-state index in [1.54, 1.807) is 17.0 Å². The fourth-order valence-electron chi connectivity index (χ4n) is 3.74. The summed E-state index contributed by atoms with van der Waals surface area (Å²) in [6, 6.07) is 14.8. The van der Waals surface area contributed by atoms with Crippen molar-refractivity contribution in [3.63, 3.8) is 0 Å². The number of piperidine rings is 1. The van der Waals surface area contributed by atoms with Crippen molar-refractivity contribution in [2.24, 2.45) is 0 Å². The summed E-state index contributed by atoms with van der Waals surface area (Å²) in [7, 11) is 0. The lowest BCUT2D eigenvalue weighted by atomic mass is 10.1. The molecule has 0 radical (unpaired) electrons. The van der Waals surface area contributed by atoms with E-state index in [1.165, 1.54) is 12.1 Å². The Morgan fingerprint density at radius 2 is 1.90 bits per heavy atom. The maximum atomic E-state index is 13.3. The van der Waals surface area contributed by atoms with Crippen molar-refractivity contribution in [3.05, 3.63) is 59.9 Å². The van der Waals surface area contributed by atoms with Crippen LogP contribution in [-0.4, -0.2) is 45.3 Å². The molecule has 1 atom stereocenters. The lowest BCUT2D eigenvalue weighted by molar-refractivity contribution is 0.00626. The molecule has 1 amide bonds. The van der Waals surface area contributed by atoms with Gasteiger partial charge in [-0.2, -0.15) is 4.98 Å². The van der Waals surface area contributed by atoms with Crippen molar-refractivity contribution >= 4 is 17.1 Å². The van der Waals surface area contributed by atoms with Gasteiger partial charge >= 0.3 is 6.09 Å². The quantitative estimate of drug-likeness (QED) is 0.590. The Kier molecular flexibility index (Phi) is 5.85. The molecule has 1 saturated heterocycles. The summed E-state index contributed by atoms with van der Waals surface area (Å²) in [6.45, 7) is 7.20. The van der Waals surface area contributed by atoms with Crippen LogP contribution < -0.4 is 4.74 Å². The molecule has 0 N–H and O–H groups in total. The summed E-state index contributed by atoms with van der Waals surface area (Å²) < 4.78 is 27.1. The number of imidazole rings is 1. The van der Waals surface area contributed by atoms with Crippen LogP contribution in [0.4, 0.5) is 9.18 Å². The number of carbonyl (C=O) groups excluding carboxylic acids is 1. The third-order valence-electron chi connectivity index (χ3n) is 5.18. The number of aromatic nitrogens is 2. The van der Waals surface area contributed by atoms with Crippen LogP contribution in [0.15, 0.2) is 48.5 Å². The molecule has 0 saturated carbocycles. The molecule has 2 heterocycles. The smallest absolute Gasteiger partial charge is 0.410 e. The highest BCUT2D eigenvalue weighted by atomic mass is 19.1. The number of hydrogen-bond donors (Lipinski definition) is 0. The summed E-state index contributed by atoms with van der Waals surface area (Å²) in [5, 5.41) is 0. The van der Waals surface area contributed by atoms with E-state index in [2.05, 4.69) is 4.98 Å². The molecule has 2 aromatic carbocycles. The predicted octanol–water partition coefficient (Wildman–Crippen LogP) is 5.00. The topological polar surface area (TPSA) is 56.6 Å². The van der Waals surface area contributed by atoms with E-state index in [9.17, 15) is 9.18 Å². The van der Waals surface area contributed by atoms with Gasteiger partial charge in [-0.1, -0.05) is 24.3 Å². The number of fused-ring (bicyclic) bond motifs is 1. The average Bonchev–Trinajstić information content (AvgIpc) is 3.06. The monoisotopic (exact) mass is 425 g/mol. The predicted molar refractivity (Wildman–Crippen MR) is 117 cm³/mol. The number of hydrogen-bond acceptors (Lipinski definition) is 4. The Hall–Kier alpha value is -3.09. The van der Waals surface area contributed by atoms with E-state index >= 15 is 0 Å². The first-order valence-corrected chi connectivity index (χ1v) is 10.6. The minimum absolute atomic E-state index is 0.176. The zero-order chi connectivity index (χ0) is 22.0. The number of likely N-dealkylation sites (tertiary alicyclic amines) is 1. The Morgan fingerprint density at radius 3 is 2.65 bits per heavy atom. The van der Waals surface area contributed by atoms with Crippen LogP contribution in [-0.2, 0) is 11.3 Å². The van der Waals surface area contributed by atoms with E-state index < -0.39 is 5.60 Å². The van der Waals surface area contributed by atoms with Crippen LogP contribution >= 0.6 is 0 Å². The molecule has 1 aliphatic heterocycles. The molecule has 0 aliphatic carbocycles. The SMILES string of the molecule is CC(C)(C)OC(=O)N1CCCC(Oc2nc3ccccc3n2Cc2ccc(F)cc2)C1. The van der Waals surface area contributed by atoms with E-state index in [1.807, 2.05) is 49.6 Å². The Balaban J connectivity index is 1.55. The molecule has 3 aromatic rings. The highest BCUT2D eigenvalue weighted by Gasteiger charge is 2.29. The number of benzene rings is 2. The summed E-state index contributed by atoms with van der Waals surface area (Å²) in [5.41, 5.74) is 2.20. The second-order valence-electron chi connectivity index (χ2n) is 8.90. The molecule has 1 aromatic heterocycles. The lowest BCUT2D eigenvalue weighted by Crippen LogP contribution is -2.46. The zero-order valence-corrected chi connectivity index (χ0v) is 18.2. The molecule has 0 bridgehead atoms. The summed E-state index contributed by atoms with van der Waals surface area (Å²) in [6.07, 6.45) is 1.17. The summed E-state index contributed by atoms with van der Waals surface area (Å²) in [4.78, 5) is 18.9. The molecule has 164 valence electrons. The zero-order valence-electron chi connectivity index (χ0n) is 18.2. The molecule has 1 aliphatic rings. The fourth-order valence-corrected chi connectivity index (χ4v) is 3.74. The van der Waals surface area contributed by atoms with E-state index in [4.69, 9.17) is 9.47 Å². The van der Waals surface area contributed by atoms with Gasteiger partial charge in [-0.3, -0.25) is 4.57 Å². The minimum Gasteiger partial charge on any atom is -0.459 e. The Morgan fingerprint density at radius 1 is 1.16 bits per heavy atom. The van der Waals surface area contributed by atoms with Gasteiger partial charge in [0.05, 0.1) is 24.1 Å². The summed E-state index contributed by atoms with van der Waals surface area (Å²) in [5.74, 6) is -0.264. The Bertz CT molecular complexity index is 1060. The second-order valence-corrected chi connectivity index (χ2v) is 8.90. The lowest BCUT2D eigenvalue weighted by Gasteiger charge is -2.34. The third-order valence-corrected chi connectivity index (χ3v) is 5.18. The molecule has 1 fully saturated rings. The number of rotatable bonds is 4. The molecule has 7 heteroatoms. The van der Waals surface area contributed by atoms with Gasteiger partial charge in [0.2, 0.25) is 0 Å². The largest absolute Gasteiger partial charge is 0.459 e. The fraction of sp³-hybridized carbons (Fsp3) is 0.417. The molecule has 31 heavy (non-hydrogen) atoms. The molecule has 1 unspecified atom stereocenters. The Labute approximate surface area is 181 Å². The second kappa shape index (κ2) is 8.57. The molecule has 4 rings (SSSR count). The molecule has 0 spiro atoms. The first-order chi connectivity index (χ1) is 14.8. The number of para-hydroxylation sites is 2. The van der Waals surface area contributed by atoms with Gasteiger partial charge in [-0.15, -0.1) is 0 Å². The maximum absolute atomic E-state index is 13.3. The normalized spacial score (nSPS) is 17.0. The van der Waals surface area contributed by atoms with Crippen LogP contribution in [0.3, 0.4) is 0 Å². The minimum atomic E-state index is -0.534. The van der Waals surface area contributed by atoms with Crippen LogP contribution in [0, 0.1) is 5.82 Å². The standard InChI is InChI=1S/C24H28FN3O3/c1-24(2,3)31-23(29)27-14-6-7-19(16-27)30-22-26-20-8-4-5-9-21(20)28(22)15-17-10-12-18(25)13-11-17/h4-5,8-13,19H,6-7,14-16H2,1-3H3. The van der Waals surface area contributed by atoms with Gasteiger partial charge in [-0.05, 0) is 63.4 Å². The van der Waals surface area contributed by atoms with Gasteiger partial charge in [-0.25, -0.2) is 9.18 Å². The van der Waals surface area contributed by atoms with Crippen molar-refractivity contribution in [2.75, 3.05) is 13.1 Å². The van der Waals surface area contributed by atoms with Crippen LogP contribution in [0.25, 0.3) is 11.0 Å². The van der Waals surface area contributed by atoms with Gasteiger partial charge < -0.3 is 14.4 Å². The number of amides is 1. The van der Waals surface area contributed by atoms with E-state index in [0.717, 1.165) is 29.4 Å². The van der Waals surface area contributed by atoms with E-state index in [0.29, 0.717) is 25.6 Å².